The number of rotatable bonds is 3. The molecule has 1 aromatic carbocycles. The van der Waals surface area contributed by atoms with E-state index in [9.17, 15) is 9.59 Å². The van der Waals surface area contributed by atoms with Crippen LogP contribution in [0, 0.1) is 0 Å². The van der Waals surface area contributed by atoms with E-state index in [1.807, 2.05) is 0 Å². The molecule has 2 aromatic rings. The molecule has 0 N–H and O–H groups in total. The molecular weight excluding hydrogens is 266 g/mol. The number of halogens is 1. The molecule has 3 rings (SSSR count). The molecule has 1 aliphatic carbocycles. The molecule has 0 aliphatic heterocycles. The highest BCUT2D eigenvalue weighted by Crippen LogP contribution is 2.31. The smallest absolute Gasteiger partial charge is 0.408 e. The van der Waals surface area contributed by atoms with Gasteiger partial charge in [-0.1, -0.05) is 12.8 Å². The molecule has 1 fully saturated rings. The van der Waals surface area contributed by atoms with E-state index in [-0.39, 0.29) is 23.5 Å². The Labute approximate surface area is 115 Å². The summed E-state index contributed by atoms with van der Waals surface area (Å²) in [5.74, 6) is -0.573. The number of hydrogen-bond acceptors (Lipinski definition) is 3. The van der Waals surface area contributed by atoms with Crippen molar-refractivity contribution in [2.75, 3.05) is 5.88 Å². The predicted octanol–water partition coefficient (Wildman–Crippen LogP) is 3.13. The van der Waals surface area contributed by atoms with Gasteiger partial charge in [0.2, 0.25) is 0 Å². The highest BCUT2D eigenvalue weighted by Gasteiger charge is 2.22. The molecule has 0 bridgehead atoms. The number of carbonyl (C=O) groups excluding carboxylic acids is 1. The monoisotopic (exact) mass is 279 g/mol. The Hall–Kier alpha value is -1.55. The van der Waals surface area contributed by atoms with Gasteiger partial charge in [0.15, 0.2) is 11.4 Å². The minimum atomic E-state index is -0.336. The maximum absolute atomic E-state index is 12.0. The number of fused-ring (bicyclic) bond motifs is 1. The van der Waals surface area contributed by atoms with E-state index in [1.54, 1.807) is 22.8 Å². The molecule has 0 spiro atoms. The summed E-state index contributed by atoms with van der Waals surface area (Å²) in [5.41, 5.74) is 1.71. The predicted molar refractivity (Wildman–Crippen MR) is 73.0 cm³/mol. The van der Waals surface area contributed by atoms with Gasteiger partial charge in [-0.15, -0.1) is 11.6 Å². The first kappa shape index (κ1) is 12.5. The van der Waals surface area contributed by atoms with Gasteiger partial charge in [0, 0.05) is 11.6 Å². The molecule has 1 heterocycles. The lowest BCUT2D eigenvalue weighted by Gasteiger charge is -2.09. The van der Waals surface area contributed by atoms with Gasteiger partial charge in [-0.2, -0.15) is 0 Å². The lowest BCUT2D eigenvalue weighted by atomic mass is 10.1. The van der Waals surface area contributed by atoms with Crippen LogP contribution in [0.4, 0.5) is 0 Å². The number of oxazole rings is 1. The Bertz CT molecular complexity index is 680. The zero-order valence-electron chi connectivity index (χ0n) is 10.4. The molecule has 4 nitrogen and oxygen atoms in total. The van der Waals surface area contributed by atoms with Crippen LogP contribution in [0.3, 0.4) is 0 Å². The van der Waals surface area contributed by atoms with Crippen LogP contribution in [-0.2, 0) is 0 Å². The lowest BCUT2D eigenvalue weighted by Crippen LogP contribution is -2.18. The highest BCUT2D eigenvalue weighted by atomic mass is 35.5. The Morgan fingerprint density at radius 1 is 1.37 bits per heavy atom. The van der Waals surface area contributed by atoms with E-state index in [0.717, 1.165) is 31.2 Å². The van der Waals surface area contributed by atoms with Crippen LogP contribution >= 0.6 is 11.6 Å². The molecule has 1 aliphatic rings. The van der Waals surface area contributed by atoms with Crippen molar-refractivity contribution in [1.82, 2.24) is 4.57 Å². The molecule has 0 radical (unpaired) electrons. The number of ketones is 1. The van der Waals surface area contributed by atoms with Crippen molar-refractivity contribution in [1.29, 1.82) is 0 Å². The maximum Gasteiger partial charge on any atom is 0.420 e. The van der Waals surface area contributed by atoms with Crippen LogP contribution in [0.1, 0.15) is 42.1 Å². The molecule has 1 saturated carbocycles. The standard InChI is InChI=1S/C14H14ClNO3/c15-8-12(17)9-5-6-11-13(7-9)19-14(18)16(11)10-3-1-2-4-10/h5-7,10H,1-4,8H2. The molecule has 0 atom stereocenters. The van der Waals surface area contributed by atoms with Gasteiger partial charge in [-0.25, -0.2) is 4.79 Å². The van der Waals surface area contributed by atoms with E-state index in [0.29, 0.717) is 11.1 Å². The largest absolute Gasteiger partial charge is 0.420 e. The number of hydrogen-bond donors (Lipinski definition) is 0. The summed E-state index contributed by atoms with van der Waals surface area (Å²) in [6, 6.07) is 5.31. The third kappa shape index (κ3) is 2.10. The summed E-state index contributed by atoms with van der Waals surface area (Å²) in [5, 5.41) is 0. The number of nitrogens with zero attached hydrogens (tertiary/aromatic N) is 1. The molecular formula is C14H14ClNO3. The molecule has 1 aromatic heterocycles. The van der Waals surface area contributed by atoms with Crippen molar-refractivity contribution in [3.8, 4) is 0 Å². The Morgan fingerprint density at radius 3 is 2.79 bits per heavy atom. The molecule has 0 saturated heterocycles. The van der Waals surface area contributed by atoms with Crippen molar-refractivity contribution < 1.29 is 9.21 Å². The molecule has 19 heavy (non-hydrogen) atoms. The normalized spacial score (nSPS) is 16.3. The SMILES string of the molecule is O=C(CCl)c1ccc2c(c1)oc(=O)n2C1CCCC1. The first-order chi connectivity index (χ1) is 9.20. The molecule has 100 valence electrons. The summed E-state index contributed by atoms with van der Waals surface area (Å²) in [7, 11) is 0. The minimum absolute atomic E-state index is 0.0704. The number of Topliss-reactive ketones (excluding diaryl/α,β-unsaturated/α-hetero) is 1. The second-order valence-electron chi connectivity index (χ2n) is 4.92. The van der Waals surface area contributed by atoms with Gasteiger partial charge in [0.25, 0.3) is 0 Å². The summed E-state index contributed by atoms with van der Waals surface area (Å²) in [4.78, 5) is 23.5. The van der Waals surface area contributed by atoms with Crippen molar-refractivity contribution in [3.05, 3.63) is 34.3 Å². The second kappa shape index (κ2) is 4.85. The fourth-order valence-electron chi connectivity index (χ4n) is 2.80. The third-order valence-corrected chi connectivity index (χ3v) is 3.99. The van der Waals surface area contributed by atoms with Crippen molar-refractivity contribution in [3.63, 3.8) is 0 Å². The van der Waals surface area contributed by atoms with E-state index in [1.165, 1.54) is 0 Å². The van der Waals surface area contributed by atoms with E-state index < -0.39 is 0 Å². The van der Waals surface area contributed by atoms with E-state index >= 15 is 0 Å². The zero-order chi connectivity index (χ0) is 13.4. The van der Waals surface area contributed by atoms with Gasteiger partial charge in [0.1, 0.15) is 0 Å². The second-order valence-corrected chi connectivity index (χ2v) is 5.18. The van der Waals surface area contributed by atoms with E-state index in [2.05, 4.69) is 0 Å². The number of benzene rings is 1. The highest BCUT2D eigenvalue weighted by molar-refractivity contribution is 6.30. The molecule has 0 unspecified atom stereocenters. The topological polar surface area (TPSA) is 52.2 Å². The number of alkyl halides is 1. The summed E-state index contributed by atoms with van der Waals surface area (Å²) < 4.78 is 6.98. The van der Waals surface area contributed by atoms with Gasteiger partial charge < -0.3 is 4.42 Å². The van der Waals surface area contributed by atoms with Gasteiger partial charge in [0.05, 0.1) is 11.4 Å². The quantitative estimate of drug-likeness (QED) is 0.641. The minimum Gasteiger partial charge on any atom is -0.408 e. The number of carbonyl (C=O) groups is 1. The Kier molecular flexibility index (Phi) is 3.19. The van der Waals surface area contributed by atoms with Crippen LogP contribution in [0.25, 0.3) is 11.1 Å². The van der Waals surface area contributed by atoms with Gasteiger partial charge >= 0.3 is 5.76 Å². The molecule has 5 heteroatoms. The fourth-order valence-corrected chi connectivity index (χ4v) is 2.95. The van der Waals surface area contributed by atoms with Crippen LogP contribution in [0.5, 0.6) is 0 Å². The van der Waals surface area contributed by atoms with E-state index in [4.69, 9.17) is 16.0 Å². The Morgan fingerprint density at radius 2 is 2.11 bits per heavy atom. The van der Waals surface area contributed by atoms with Crippen molar-refractivity contribution in [2.45, 2.75) is 31.7 Å². The van der Waals surface area contributed by atoms with Gasteiger partial charge in [-0.05, 0) is 31.0 Å². The maximum atomic E-state index is 12.0. The van der Waals surface area contributed by atoms with Crippen LogP contribution in [0.15, 0.2) is 27.4 Å². The van der Waals surface area contributed by atoms with Gasteiger partial charge in [-0.3, -0.25) is 9.36 Å². The third-order valence-electron chi connectivity index (χ3n) is 3.75. The number of aromatic nitrogens is 1. The first-order valence-electron chi connectivity index (χ1n) is 6.45. The van der Waals surface area contributed by atoms with Crippen molar-refractivity contribution >= 4 is 28.5 Å². The fraction of sp³-hybridized carbons (Fsp3) is 0.429. The first-order valence-corrected chi connectivity index (χ1v) is 6.98. The summed E-state index contributed by atoms with van der Waals surface area (Å²) in [6.45, 7) is 0. The Balaban J connectivity index is 2.12. The van der Waals surface area contributed by atoms with Crippen molar-refractivity contribution in [2.24, 2.45) is 0 Å². The summed E-state index contributed by atoms with van der Waals surface area (Å²) in [6.07, 6.45) is 4.31. The average Bonchev–Trinajstić information content (AvgIpc) is 3.02. The van der Waals surface area contributed by atoms with Crippen LogP contribution in [0.2, 0.25) is 0 Å². The lowest BCUT2D eigenvalue weighted by molar-refractivity contribution is 0.102. The molecule has 0 amide bonds. The zero-order valence-corrected chi connectivity index (χ0v) is 11.2. The van der Waals surface area contributed by atoms with Crippen LogP contribution in [-0.4, -0.2) is 16.2 Å². The van der Waals surface area contributed by atoms with Crippen LogP contribution < -0.4 is 5.76 Å². The summed E-state index contributed by atoms with van der Waals surface area (Å²) >= 11 is 5.53. The average molecular weight is 280 g/mol.